The van der Waals surface area contributed by atoms with Crippen LogP contribution in [0.15, 0.2) is 42.5 Å². The molecule has 3 rings (SSSR count). The van der Waals surface area contributed by atoms with Gasteiger partial charge in [-0.25, -0.2) is 0 Å². The average Bonchev–Trinajstić information content (AvgIpc) is 2.48. The molecule has 0 unspecified atom stereocenters. The van der Waals surface area contributed by atoms with Gasteiger partial charge in [0.05, 0.1) is 0 Å². The maximum atomic E-state index is 3.51. The molecule has 1 heterocycles. The average molecular weight is 251 g/mol. The van der Waals surface area contributed by atoms with E-state index in [-0.39, 0.29) is 0 Å². The molecule has 1 aliphatic rings. The fraction of sp³-hybridized carbons (Fsp3) is 0.333. The van der Waals surface area contributed by atoms with Gasteiger partial charge >= 0.3 is 0 Å². The molecule has 2 aromatic carbocycles. The summed E-state index contributed by atoms with van der Waals surface area (Å²) in [5, 5.41) is 3.51. The van der Waals surface area contributed by atoms with Crippen molar-refractivity contribution in [1.82, 2.24) is 0 Å². The maximum absolute atomic E-state index is 3.51. The van der Waals surface area contributed by atoms with E-state index in [0.29, 0.717) is 0 Å². The Morgan fingerprint density at radius 2 is 1.79 bits per heavy atom. The normalized spacial score (nSPS) is 13.7. The van der Waals surface area contributed by atoms with Crippen LogP contribution in [0, 0.1) is 0 Å². The first kappa shape index (κ1) is 12.3. The Bertz CT molecular complexity index is 554. The number of hydrogen-bond donors (Lipinski definition) is 1. The van der Waals surface area contributed by atoms with Crippen molar-refractivity contribution in [3.8, 4) is 0 Å². The van der Waals surface area contributed by atoms with Crippen LogP contribution in [0.3, 0.4) is 0 Å². The van der Waals surface area contributed by atoms with Crippen molar-refractivity contribution in [1.29, 1.82) is 0 Å². The Morgan fingerprint density at radius 1 is 1.00 bits per heavy atom. The van der Waals surface area contributed by atoms with Crippen LogP contribution in [0.25, 0.3) is 0 Å². The van der Waals surface area contributed by atoms with Gasteiger partial charge in [-0.15, -0.1) is 0 Å². The number of fused-ring (bicyclic) bond motifs is 1. The zero-order valence-electron chi connectivity index (χ0n) is 11.6. The van der Waals surface area contributed by atoms with Crippen LogP contribution >= 0.6 is 0 Å². The molecule has 0 saturated carbocycles. The maximum Gasteiger partial charge on any atom is 0.0375 e. The van der Waals surface area contributed by atoms with Crippen LogP contribution in [-0.2, 0) is 19.3 Å². The molecule has 19 heavy (non-hydrogen) atoms. The minimum absolute atomic E-state index is 1.05. The second kappa shape index (κ2) is 5.48. The van der Waals surface area contributed by atoms with Gasteiger partial charge in [-0.05, 0) is 54.0 Å². The Hall–Kier alpha value is -1.76. The second-order valence-electron chi connectivity index (χ2n) is 5.32. The van der Waals surface area contributed by atoms with Crippen molar-refractivity contribution in [2.45, 2.75) is 32.6 Å². The molecule has 0 aromatic heterocycles. The van der Waals surface area contributed by atoms with Crippen LogP contribution in [-0.4, -0.2) is 6.54 Å². The van der Waals surface area contributed by atoms with Crippen molar-refractivity contribution in [3.63, 3.8) is 0 Å². The van der Waals surface area contributed by atoms with E-state index in [1.807, 2.05) is 0 Å². The predicted octanol–water partition coefficient (Wildman–Crippen LogP) is 4.20. The van der Waals surface area contributed by atoms with E-state index in [9.17, 15) is 0 Å². The largest absolute Gasteiger partial charge is 0.385 e. The molecular weight excluding hydrogens is 230 g/mol. The lowest BCUT2D eigenvalue weighted by atomic mass is 9.93. The molecule has 0 atom stereocenters. The molecule has 0 saturated heterocycles. The van der Waals surface area contributed by atoms with Gasteiger partial charge in [0, 0.05) is 12.2 Å². The number of aryl methyl sites for hydroxylation is 1. The molecule has 1 aliphatic heterocycles. The Morgan fingerprint density at radius 3 is 2.58 bits per heavy atom. The topological polar surface area (TPSA) is 12.0 Å². The Balaban J connectivity index is 1.86. The van der Waals surface area contributed by atoms with Crippen LogP contribution in [0.2, 0.25) is 0 Å². The molecule has 0 bridgehead atoms. The summed E-state index contributed by atoms with van der Waals surface area (Å²) < 4.78 is 0. The van der Waals surface area contributed by atoms with E-state index in [4.69, 9.17) is 0 Å². The zero-order valence-corrected chi connectivity index (χ0v) is 11.6. The Labute approximate surface area is 115 Å². The lowest BCUT2D eigenvalue weighted by Gasteiger charge is -2.21. The fourth-order valence-corrected chi connectivity index (χ4v) is 2.86. The zero-order chi connectivity index (χ0) is 13.1. The molecule has 0 radical (unpaired) electrons. The lowest BCUT2D eigenvalue weighted by Crippen LogP contribution is -2.13. The monoisotopic (exact) mass is 251 g/mol. The highest BCUT2D eigenvalue weighted by atomic mass is 14.9. The standard InChI is InChI=1S/C18H21N/c1-2-14-8-10-15(11-9-14)13-16-5-3-7-18-17(16)6-4-12-19-18/h3,5,7-11,19H,2,4,6,12-13H2,1H3. The fourth-order valence-electron chi connectivity index (χ4n) is 2.86. The smallest absolute Gasteiger partial charge is 0.0375 e. The van der Waals surface area contributed by atoms with Gasteiger partial charge in [0.2, 0.25) is 0 Å². The third-order valence-corrected chi connectivity index (χ3v) is 4.02. The van der Waals surface area contributed by atoms with Gasteiger partial charge in [0.25, 0.3) is 0 Å². The predicted molar refractivity (Wildman–Crippen MR) is 81.9 cm³/mol. The second-order valence-corrected chi connectivity index (χ2v) is 5.32. The van der Waals surface area contributed by atoms with Gasteiger partial charge in [-0.2, -0.15) is 0 Å². The van der Waals surface area contributed by atoms with Gasteiger partial charge < -0.3 is 5.32 Å². The molecule has 1 N–H and O–H groups in total. The van der Waals surface area contributed by atoms with Crippen molar-refractivity contribution < 1.29 is 0 Å². The SMILES string of the molecule is CCc1ccc(Cc2cccc3c2CCCN3)cc1. The van der Waals surface area contributed by atoms with E-state index in [1.54, 1.807) is 0 Å². The van der Waals surface area contributed by atoms with Crippen LogP contribution in [0.4, 0.5) is 5.69 Å². The first-order valence-electron chi connectivity index (χ1n) is 7.29. The summed E-state index contributed by atoms with van der Waals surface area (Å²) in [4.78, 5) is 0. The molecular formula is C18H21N. The van der Waals surface area contributed by atoms with E-state index in [1.165, 1.54) is 40.8 Å². The minimum Gasteiger partial charge on any atom is -0.385 e. The van der Waals surface area contributed by atoms with Gasteiger partial charge in [0.1, 0.15) is 0 Å². The summed E-state index contributed by atoms with van der Waals surface area (Å²) >= 11 is 0. The number of rotatable bonds is 3. The van der Waals surface area contributed by atoms with Gasteiger partial charge in [-0.1, -0.05) is 43.3 Å². The minimum atomic E-state index is 1.05. The number of nitrogens with one attached hydrogen (secondary N) is 1. The van der Waals surface area contributed by atoms with Gasteiger partial charge in [-0.3, -0.25) is 0 Å². The first-order chi connectivity index (χ1) is 9.36. The number of benzene rings is 2. The van der Waals surface area contributed by atoms with E-state index in [2.05, 4.69) is 54.7 Å². The molecule has 98 valence electrons. The van der Waals surface area contributed by atoms with Crippen molar-refractivity contribution >= 4 is 5.69 Å². The highest BCUT2D eigenvalue weighted by Crippen LogP contribution is 2.27. The van der Waals surface area contributed by atoms with Crippen molar-refractivity contribution in [2.24, 2.45) is 0 Å². The number of hydrogen-bond acceptors (Lipinski definition) is 1. The summed E-state index contributed by atoms with van der Waals surface area (Å²) in [6, 6.07) is 15.7. The van der Waals surface area contributed by atoms with Crippen LogP contribution < -0.4 is 5.32 Å². The van der Waals surface area contributed by atoms with Crippen molar-refractivity contribution in [2.75, 3.05) is 11.9 Å². The highest BCUT2D eigenvalue weighted by molar-refractivity contribution is 5.57. The summed E-state index contributed by atoms with van der Waals surface area (Å²) in [6.07, 6.45) is 4.63. The molecule has 0 amide bonds. The first-order valence-corrected chi connectivity index (χ1v) is 7.29. The molecule has 0 aliphatic carbocycles. The lowest BCUT2D eigenvalue weighted by molar-refractivity contribution is 0.819. The summed E-state index contributed by atoms with van der Waals surface area (Å²) in [6.45, 7) is 3.32. The van der Waals surface area contributed by atoms with E-state index >= 15 is 0 Å². The van der Waals surface area contributed by atoms with Crippen LogP contribution in [0.1, 0.15) is 35.6 Å². The van der Waals surface area contributed by atoms with E-state index < -0.39 is 0 Å². The molecule has 0 spiro atoms. The van der Waals surface area contributed by atoms with Crippen molar-refractivity contribution in [3.05, 3.63) is 64.7 Å². The Kier molecular flexibility index (Phi) is 3.54. The quantitative estimate of drug-likeness (QED) is 0.862. The van der Waals surface area contributed by atoms with Gasteiger partial charge in [0.15, 0.2) is 0 Å². The summed E-state index contributed by atoms with van der Waals surface area (Å²) in [5.74, 6) is 0. The van der Waals surface area contributed by atoms with Crippen LogP contribution in [0.5, 0.6) is 0 Å². The molecule has 2 aromatic rings. The third kappa shape index (κ3) is 2.65. The highest BCUT2D eigenvalue weighted by Gasteiger charge is 2.12. The molecule has 1 heteroatoms. The molecule has 1 nitrogen and oxygen atoms in total. The summed E-state index contributed by atoms with van der Waals surface area (Å²) in [7, 11) is 0. The van der Waals surface area contributed by atoms with E-state index in [0.717, 1.165) is 19.4 Å². The molecule has 0 fully saturated rings. The third-order valence-electron chi connectivity index (χ3n) is 4.02. The number of anilines is 1. The summed E-state index contributed by atoms with van der Waals surface area (Å²) in [5.41, 5.74) is 7.17.